The SMILES string of the molecule is CCCOc1nsc(N2CCC(C)CC2)n1. The predicted octanol–water partition coefficient (Wildman–Crippen LogP) is 2.56. The van der Waals surface area contributed by atoms with E-state index in [0.29, 0.717) is 12.6 Å². The van der Waals surface area contributed by atoms with E-state index in [2.05, 4.69) is 28.1 Å². The molecule has 0 aromatic carbocycles. The van der Waals surface area contributed by atoms with Crippen LogP contribution in [0.2, 0.25) is 0 Å². The first-order chi connectivity index (χ1) is 7.79. The lowest BCUT2D eigenvalue weighted by Crippen LogP contribution is -2.32. The Morgan fingerprint density at radius 3 is 2.88 bits per heavy atom. The maximum absolute atomic E-state index is 5.41. The maximum atomic E-state index is 5.41. The Bertz CT molecular complexity index is 321. The second-order valence-electron chi connectivity index (χ2n) is 4.38. The largest absolute Gasteiger partial charge is 0.463 e. The zero-order chi connectivity index (χ0) is 11.4. The van der Waals surface area contributed by atoms with Gasteiger partial charge in [-0.3, -0.25) is 0 Å². The highest BCUT2D eigenvalue weighted by Gasteiger charge is 2.19. The van der Waals surface area contributed by atoms with Crippen LogP contribution in [0.3, 0.4) is 0 Å². The summed E-state index contributed by atoms with van der Waals surface area (Å²) in [6, 6.07) is 0.542. The monoisotopic (exact) mass is 241 g/mol. The summed E-state index contributed by atoms with van der Waals surface area (Å²) in [6.45, 7) is 7.30. The summed E-state index contributed by atoms with van der Waals surface area (Å²) in [5.41, 5.74) is 0. The van der Waals surface area contributed by atoms with Gasteiger partial charge in [0.1, 0.15) is 0 Å². The first kappa shape index (κ1) is 11.6. The molecule has 1 aromatic heterocycles. The topological polar surface area (TPSA) is 38.2 Å². The van der Waals surface area contributed by atoms with Crippen molar-refractivity contribution in [3.05, 3.63) is 0 Å². The van der Waals surface area contributed by atoms with Crippen LogP contribution in [0, 0.1) is 5.92 Å². The lowest BCUT2D eigenvalue weighted by molar-refractivity contribution is 0.296. The van der Waals surface area contributed by atoms with Crippen LogP contribution in [0.15, 0.2) is 0 Å². The van der Waals surface area contributed by atoms with Gasteiger partial charge in [0.2, 0.25) is 5.13 Å². The van der Waals surface area contributed by atoms with Crippen molar-refractivity contribution in [2.45, 2.75) is 33.1 Å². The third-order valence-electron chi connectivity index (χ3n) is 2.89. The summed E-state index contributed by atoms with van der Waals surface area (Å²) in [6.07, 6.45) is 3.51. The van der Waals surface area contributed by atoms with Crippen molar-refractivity contribution in [2.24, 2.45) is 5.92 Å². The molecule has 1 aromatic rings. The molecule has 2 rings (SSSR count). The van der Waals surface area contributed by atoms with Crippen molar-refractivity contribution in [1.29, 1.82) is 0 Å². The number of anilines is 1. The molecule has 1 aliphatic rings. The number of hydrogen-bond donors (Lipinski definition) is 0. The Morgan fingerprint density at radius 2 is 2.19 bits per heavy atom. The van der Waals surface area contributed by atoms with Gasteiger partial charge in [-0.2, -0.15) is 4.98 Å². The van der Waals surface area contributed by atoms with Crippen molar-refractivity contribution in [2.75, 3.05) is 24.6 Å². The van der Waals surface area contributed by atoms with Gasteiger partial charge in [-0.15, -0.1) is 4.37 Å². The fourth-order valence-corrected chi connectivity index (χ4v) is 2.45. The summed E-state index contributed by atoms with van der Waals surface area (Å²) >= 11 is 1.45. The molecule has 1 aliphatic heterocycles. The molecular weight excluding hydrogens is 222 g/mol. The normalized spacial score (nSPS) is 17.8. The smallest absolute Gasteiger partial charge is 0.330 e. The second-order valence-corrected chi connectivity index (χ2v) is 5.11. The van der Waals surface area contributed by atoms with Crippen molar-refractivity contribution >= 4 is 16.7 Å². The maximum Gasteiger partial charge on any atom is 0.330 e. The summed E-state index contributed by atoms with van der Waals surface area (Å²) in [5, 5.41) is 1.01. The van der Waals surface area contributed by atoms with Crippen molar-refractivity contribution in [1.82, 2.24) is 9.36 Å². The molecule has 0 amide bonds. The molecule has 16 heavy (non-hydrogen) atoms. The molecule has 1 saturated heterocycles. The van der Waals surface area contributed by atoms with E-state index < -0.39 is 0 Å². The number of piperidine rings is 1. The van der Waals surface area contributed by atoms with Crippen molar-refractivity contribution < 1.29 is 4.74 Å². The van der Waals surface area contributed by atoms with Gasteiger partial charge < -0.3 is 9.64 Å². The molecule has 2 heterocycles. The average Bonchev–Trinajstić information content (AvgIpc) is 2.76. The van der Waals surface area contributed by atoms with Crippen LogP contribution in [0.25, 0.3) is 0 Å². The van der Waals surface area contributed by atoms with E-state index in [1.165, 1.54) is 24.4 Å². The minimum Gasteiger partial charge on any atom is -0.463 e. The number of rotatable bonds is 4. The molecule has 0 N–H and O–H groups in total. The van der Waals surface area contributed by atoms with Crippen LogP contribution in [-0.2, 0) is 0 Å². The molecule has 0 bridgehead atoms. The third-order valence-corrected chi connectivity index (χ3v) is 3.65. The highest BCUT2D eigenvalue weighted by atomic mass is 32.1. The Labute approximate surface area is 101 Å². The molecule has 0 atom stereocenters. The van der Waals surface area contributed by atoms with E-state index >= 15 is 0 Å². The number of hydrogen-bond acceptors (Lipinski definition) is 5. The Kier molecular flexibility index (Phi) is 3.98. The van der Waals surface area contributed by atoms with Crippen LogP contribution < -0.4 is 9.64 Å². The summed E-state index contributed by atoms with van der Waals surface area (Å²) in [5.74, 6) is 0.847. The van der Waals surface area contributed by atoms with Crippen LogP contribution >= 0.6 is 11.5 Å². The number of aromatic nitrogens is 2. The Balaban J connectivity index is 1.91. The zero-order valence-corrected chi connectivity index (χ0v) is 10.8. The molecule has 4 nitrogen and oxygen atoms in total. The first-order valence-corrected chi connectivity index (χ1v) is 6.78. The lowest BCUT2D eigenvalue weighted by atomic mass is 10.00. The van der Waals surface area contributed by atoms with E-state index in [9.17, 15) is 0 Å². The zero-order valence-electron chi connectivity index (χ0n) is 9.98. The molecule has 90 valence electrons. The first-order valence-electron chi connectivity index (χ1n) is 6.01. The van der Waals surface area contributed by atoms with Gasteiger partial charge in [0.05, 0.1) is 6.61 Å². The number of nitrogens with zero attached hydrogens (tertiary/aromatic N) is 3. The van der Waals surface area contributed by atoms with Gasteiger partial charge in [-0.25, -0.2) is 0 Å². The van der Waals surface area contributed by atoms with Gasteiger partial charge in [0, 0.05) is 24.6 Å². The number of ether oxygens (including phenoxy) is 1. The van der Waals surface area contributed by atoms with Crippen LogP contribution in [0.4, 0.5) is 5.13 Å². The highest BCUT2D eigenvalue weighted by Crippen LogP contribution is 2.26. The fraction of sp³-hybridized carbons (Fsp3) is 0.818. The van der Waals surface area contributed by atoms with Gasteiger partial charge in [-0.1, -0.05) is 13.8 Å². The summed E-state index contributed by atoms with van der Waals surface area (Å²) in [4.78, 5) is 6.72. The molecular formula is C11H19N3OS. The summed E-state index contributed by atoms with van der Waals surface area (Å²) < 4.78 is 9.62. The molecule has 5 heteroatoms. The van der Waals surface area contributed by atoms with E-state index in [1.807, 2.05) is 0 Å². The van der Waals surface area contributed by atoms with Gasteiger partial charge in [0.15, 0.2) is 0 Å². The predicted molar refractivity (Wildman–Crippen MR) is 66.3 cm³/mol. The molecule has 0 unspecified atom stereocenters. The van der Waals surface area contributed by atoms with Gasteiger partial charge in [0.25, 0.3) is 0 Å². The fourth-order valence-electron chi connectivity index (χ4n) is 1.78. The Hall–Kier alpha value is -0.840. The van der Waals surface area contributed by atoms with Gasteiger partial charge >= 0.3 is 6.01 Å². The van der Waals surface area contributed by atoms with E-state index in [0.717, 1.165) is 30.6 Å². The Morgan fingerprint density at radius 1 is 1.44 bits per heavy atom. The standard InChI is InChI=1S/C11H19N3OS/c1-3-8-15-10-12-11(16-13-10)14-6-4-9(2)5-7-14/h9H,3-8H2,1-2H3. The van der Waals surface area contributed by atoms with E-state index in [-0.39, 0.29) is 0 Å². The molecule has 1 fully saturated rings. The van der Waals surface area contributed by atoms with Crippen LogP contribution in [0.5, 0.6) is 6.01 Å². The third kappa shape index (κ3) is 2.84. The van der Waals surface area contributed by atoms with Gasteiger partial charge in [-0.05, 0) is 25.2 Å². The minimum absolute atomic E-state index is 0.542. The quantitative estimate of drug-likeness (QED) is 0.812. The van der Waals surface area contributed by atoms with E-state index in [4.69, 9.17) is 4.74 Å². The minimum atomic E-state index is 0.542. The van der Waals surface area contributed by atoms with E-state index in [1.54, 1.807) is 0 Å². The molecule has 0 aliphatic carbocycles. The highest BCUT2D eigenvalue weighted by molar-refractivity contribution is 7.09. The van der Waals surface area contributed by atoms with Crippen molar-refractivity contribution in [3.8, 4) is 6.01 Å². The second kappa shape index (κ2) is 5.48. The lowest BCUT2D eigenvalue weighted by Gasteiger charge is -2.29. The molecule has 0 radical (unpaired) electrons. The molecule has 0 saturated carbocycles. The summed E-state index contributed by atoms with van der Waals surface area (Å²) in [7, 11) is 0. The molecule has 0 spiro atoms. The van der Waals surface area contributed by atoms with Crippen LogP contribution in [-0.4, -0.2) is 29.1 Å². The van der Waals surface area contributed by atoms with Crippen molar-refractivity contribution in [3.63, 3.8) is 0 Å². The average molecular weight is 241 g/mol. The van der Waals surface area contributed by atoms with Crippen LogP contribution in [0.1, 0.15) is 33.1 Å².